The van der Waals surface area contributed by atoms with Gasteiger partial charge in [-0.1, -0.05) is 25.1 Å². The molecule has 0 amide bonds. The third-order valence-corrected chi connectivity index (χ3v) is 3.16. The van der Waals surface area contributed by atoms with Gasteiger partial charge < -0.3 is 16.2 Å². The summed E-state index contributed by atoms with van der Waals surface area (Å²) in [5, 5.41) is 12.3. The highest BCUT2D eigenvalue weighted by Crippen LogP contribution is 2.25. The largest absolute Gasteiger partial charge is 0.478 e. The van der Waals surface area contributed by atoms with Gasteiger partial charge in [-0.25, -0.2) is 9.78 Å². The number of aromatic nitrogens is 1. The van der Waals surface area contributed by atoms with Gasteiger partial charge in [0.1, 0.15) is 5.82 Å². The van der Waals surface area contributed by atoms with E-state index < -0.39 is 5.97 Å². The van der Waals surface area contributed by atoms with E-state index in [1.54, 1.807) is 0 Å². The van der Waals surface area contributed by atoms with Crippen LogP contribution in [0, 0.1) is 6.92 Å². The number of para-hydroxylation sites is 1. The first kappa shape index (κ1) is 13.9. The van der Waals surface area contributed by atoms with Crippen molar-refractivity contribution in [2.75, 3.05) is 11.1 Å². The molecule has 0 spiro atoms. The van der Waals surface area contributed by atoms with Crippen molar-refractivity contribution in [1.29, 1.82) is 0 Å². The second-order valence-corrected chi connectivity index (χ2v) is 4.55. The van der Waals surface area contributed by atoms with Gasteiger partial charge in [-0.15, -0.1) is 0 Å². The van der Waals surface area contributed by atoms with Gasteiger partial charge in [0.05, 0.1) is 17.4 Å². The minimum Gasteiger partial charge on any atom is -0.478 e. The summed E-state index contributed by atoms with van der Waals surface area (Å²) in [4.78, 5) is 15.2. The molecule has 0 fully saturated rings. The topological polar surface area (TPSA) is 88.2 Å². The number of carboxylic acid groups (broad SMARTS) is 1. The van der Waals surface area contributed by atoms with Crippen LogP contribution < -0.4 is 11.1 Å². The van der Waals surface area contributed by atoms with E-state index in [4.69, 9.17) is 10.8 Å². The van der Waals surface area contributed by atoms with E-state index in [1.165, 1.54) is 12.3 Å². The summed E-state index contributed by atoms with van der Waals surface area (Å²) in [7, 11) is 0. The van der Waals surface area contributed by atoms with Crippen LogP contribution in [-0.4, -0.2) is 16.1 Å². The Kier molecular flexibility index (Phi) is 3.89. The number of hydrogen-bond acceptors (Lipinski definition) is 4. The van der Waals surface area contributed by atoms with Crippen LogP contribution >= 0.6 is 0 Å². The third-order valence-electron chi connectivity index (χ3n) is 3.16. The number of carboxylic acids is 1. The number of anilines is 3. The van der Waals surface area contributed by atoms with E-state index in [1.807, 2.05) is 25.1 Å². The molecular weight excluding hydrogens is 254 g/mol. The highest BCUT2D eigenvalue weighted by Gasteiger charge is 2.11. The normalized spacial score (nSPS) is 10.3. The number of nitrogens with two attached hydrogens (primary N) is 1. The number of nitrogens with one attached hydrogen (secondary N) is 1. The maximum atomic E-state index is 11.1. The average molecular weight is 271 g/mol. The van der Waals surface area contributed by atoms with E-state index in [2.05, 4.69) is 17.2 Å². The van der Waals surface area contributed by atoms with Crippen molar-refractivity contribution in [3.05, 3.63) is 47.2 Å². The molecule has 5 nitrogen and oxygen atoms in total. The van der Waals surface area contributed by atoms with E-state index in [-0.39, 0.29) is 11.3 Å². The summed E-state index contributed by atoms with van der Waals surface area (Å²) in [6.07, 6.45) is 2.24. The molecule has 5 heteroatoms. The van der Waals surface area contributed by atoms with Crippen LogP contribution in [0.2, 0.25) is 0 Å². The van der Waals surface area contributed by atoms with Crippen molar-refractivity contribution in [3.63, 3.8) is 0 Å². The zero-order chi connectivity index (χ0) is 14.7. The zero-order valence-corrected chi connectivity index (χ0v) is 11.5. The number of nitrogens with zero attached hydrogens (tertiary/aromatic N) is 1. The number of aryl methyl sites for hydroxylation is 2. The lowest BCUT2D eigenvalue weighted by molar-refractivity contribution is 0.0698. The molecule has 0 aliphatic carbocycles. The summed E-state index contributed by atoms with van der Waals surface area (Å²) in [5.74, 6) is -0.589. The quantitative estimate of drug-likeness (QED) is 0.795. The summed E-state index contributed by atoms with van der Waals surface area (Å²) in [6, 6.07) is 7.48. The van der Waals surface area contributed by atoms with Crippen LogP contribution in [0.15, 0.2) is 30.5 Å². The average Bonchev–Trinajstić information content (AvgIpc) is 2.42. The number of hydrogen-bond donors (Lipinski definition) is 3. The Morgan fingerprint density at radius 1 is 1.45 bits per heavy atom. The van der Waals surface area contributed by atoms with Crippen molar-refractivity contribution >= 4 is 23.2 Å². The lowest BCUT2D eigenvalue weighted by atomic mass is 10.1. The molecule has 4 N–H and O–H groups in total. The highest BCUT2D eigenvalue weighted by atomic mass is 16.4. The molecule has 1 aromatic carbocycles. The van der Waals surface area contributed by atoms with E-state index in [0.29, 0.717) is 5.82 Å². The maximum Gasteiger partial charge on any atom is 0.337 e. The molecule has 2 rings (SSSR count). The summed E-state index contributed by atoms with van der Waals surface area (Å²) >= 11 is 0. The molecule has 1 heterocycles. The molecule has 0 bridgehead atoms. The van der Waals surface area contributed by atoms with Gasteiger partial charge in [0, 0.05) is 5.69 Å². The maximum absolute atomic E-state index is 11.1. The number of rotatable bonds is 4. The third kappa shape index (κ3) is 2.71. The van der Waals surface area contributed by atoms with Crippen LogP contribution in [0.25, 0.3) is 0 Å². The molecule has 2 aromatic rings. The Balaban J connectivity index is 2.40. The molecule has 0 aliphatic rings. The van der Waals surface area contributed by atoms with Gasteiger partial charge in [-0.05, 0) is 30.5 Å². The highest BCUT2D eigenvalue weighted by molar-refractivity contribution is 5.94. The molecule has 0 atom stereocenters. The van der Waals surface area contributed by atoms with Crippen LogP contribution in [0.3, 0.4) is 0 Å². The van der Waals surface area contributed by atoms with E-state index in [0.717, 1.165) is 23.2 Å². The van der Waals surface area contributed by atoms with Crippen LogP contribution in [0.4, 0.5) is 17.2 Å². The number of pyridine rings is 1. The van der Waals surface area contributed by atoms with Crippen molar-refractivity contribution in [2.24, 2.45) is 0 Å². The first-order chi connectivity index (χ1) is 9.52. The smallest absolute Gasteiger partial charge is 0.337 e. The number of carbonyl (C=O) groups is 1. The Morgan fingerprint density at radius 2 is 2.20 bits per heavy atom. The summed E-state index contributed by atoms with van der Waals surface area (Å²) in [5.41, 5.74) is 9.00. The van der Waals surface area contributed by atoms with Crippen molar-refractivity contribution in [2.45, 2.75) is 20.3 Å². The lowest BCUT2D eigenvalue weighted by Gasteiger charge is -2.14. The fourth-order valence-electron chi connectivity index (χ4n) is 2.05. The van der Waals surface area contributed by atoms with Gasteiger partial charge in [0.25, 0.3) is 0 Å². The fraction of sp³-hybridized carbons (Fsp3) is 0.200. The Hall–Kier alpha value is -2.56. The van der Waals surface area contributed by atoms with Crippen LogP contribution in [-0.2, 0) is 6.42 Å². The molecule has 0 saturated carbocycles. The second kappa shape index (κ2) is 5.61. The summed E-state index contributed by atoms with van der Waals surface area (Å²) < 4.78 is 0. The predicted molar refractivity (Wildman–Crippen MR) is 79.4 cm³/mol. The molecular formula is C15H17N3O2. The molecule has 0 aliphatic heterocycles. The predicted octanol–water partition coefficient (Wildman–Crippen LogP) is 2.98. The zero-order valence-electron chi connectivity index (χ0n) is 11.5. The molecule has 0 saturated heterocycles. The summed E-state index contributed by atoms with van der Waals surface area (Å²) in [6.45, 7) is 4.07. The van der Waals surface area contributed by atoms with Crippen LogP contribution in [0.5, 0.6) is 0 Å². The molecule has 1 aromatic heterocycles. The monoisotopic (exact) mass is 271 g/mol. The first-order valence-corrected chi connectivity index (χ1v) is 6.37. The number of benzene rings is 1. The molecule has 104 valence electrons. The van der Waals surface area contributed by atoms with Gasteiger partial charge in [0.2, 0.25) is 0 Å². The van der Waals surface area contributed by atoms with Gasteiger partial charge >= 0.3 is 5.97 Å². The SMILES string of the molecule is CCc1cccc(C)c1Nc1cc(C(=O)O)c(N)cn1. The fourth-order valence-corrected chi connectivity index (χ4v) is 2.05. The Bertz CT molecular complexity index is 654. The lowest BCUT2D eigenvalue weighted by Crippen LogP contribution is -2.06. The van der Waals surface area contributed by atoms with Gasteiger partial charge in [0.15, 0.2) is 0 Å². The van der Waals surface area contributed by atoms with Crippen LogP contribution in [0.1, 0.15) is 28.4 Å². The number of aromatic carboxylic acids is 1. The van der Waals surface area contributed by atoms with Crippen molar-refractivity contribution < 1.29 is 9.90 Å². The Morgan fingerprint density at radius 3 is 2.85 bits per heavy atom. The minimum absolute atomic E-state index is 0.0501. The van der Waals surface area contributed by atoms with Gasteiger partial charge in [-0.3, -0.25) is 0 Å². The minimum atomic E-state index is -1.06. The molecule has 20 heavy (non-hydrogen) atoms. The Labute approximate surface area is 117 Å². The second-order valence-electron chi connectivity index (χ2n) is 4.55. The van der Waals surface area contributed by atoms with E-state index >= 15 is 0 Å². The van der Waals surface area contributed by atoms with Gasteiger partial charge in [-0.2, -0.15) is 0 Å². The van der Waals surface area contributed by atoms with Crippen molar-refractivity contribution in [1.82, 2.24) is 4.98 Å². The first-order valence-electron chi connectivity index (χ1n) is 6.37. The molecule has 0 radical (unpaired) electrons. The number of nitrogen functional groups attached to an aromatic ring is 1. The van der Waals surface area contributed by atoms with E-state index in [9.17, 15) is 4.79 Å². The molecule has 0 unspecified atom stereocenters. The van der Waals surface area contributed by atoms with Crippen molar-refractivity contribution in [3.8, 4) is 0 Å². The standard InChI is InChI=1S/C15H17N3O2/c1-3-10-6-4-5-9(2)14(10)18-13-7-11(15(19)20)12(16)8-17-13/h4-8H,3,16H2,1-2H3,(H,17,18)(H,19,20).